The first kappa shape index (κ1) is 19.2. The van der Waals surface area contributed by atoms with Gasteiger partial charge in [0.15, 0.2) is 0 Å². The zero-order valence-electron chi connectivity index (χ0n) is 15.6. The number of ether oxygens (including phenoxy) is 1. The van der Waals surface area contributed by atoms with Crippen LogP contribution >= 0.6 is 0 Å². The maximum Gasteiger partial charge on any atom is 0.256 e. The number of benzene rings is 2. The number of rotatable bonds is 5. The summed E-state index contributed by atoms with van der Waals surface area (Å²) in [6, 6.07) is 11.4. The van der Waals surface area contributed by atoms with Gasteiger partial charge in [0.25, 0.3) is 5.91 Å². The van der Waals surface area contributed by atoms with Crippen molar-refractivity contribution < 1.29 is 19.0 Å². The van der Waals surface area contributed by atoms with E-state index in [-0.39, 0.29) is 29.3 Å². The number of carbonyl (C=O) groups excluding carboxylic acids is 1. The Hall–Kier alpha value is -2.60. The number of nitrogens with zero attached hydrogens (tertiary/aromatic N) is 1. The van der Waals surface area contributed by atoms with Gasteiger partial charge in [0.05, 0.1) is 12.7 Å². The van der Waals surface area contributed by atoms with Crippen LogP contribution in [0.2, 0.25) is 0 Å². The number of nitrogens with one attached hydrogen (secondary N) is 1. The predicted molar refractivity (Wildman–Crippen MR) is 102 cm³/mol. The molecule has 0 spiro atoms. The molecule has 2 N–H and O–H groups in total. The van der Waals surface area contributed by atoms with Crippen LogP contribution in [0.4, 0.5) is 4.39 Å². The van der Waals surface area contributed by atoms with Gasteiger partial charge < -0.3 is 20.1 Å². The summed E-state index contributed by atoms with van der Waals surface area (Å²) in [4.78, 5) is 14.2. The highest BCUT2D eigenvalue weighted by molar-refractivity contribution is 5.94. The molecule has 2 aromatic carbocycles. The third-order valence-electron chi connectivity index (χ3n) is 5.07. The van der Waals surface area contributed by atoms with E-state index in [1.54, 1.807) is 36.3 Å². The van der Waals surface area contributed by atoms with E-state index in [1.807, 2.05) is 13.0 Å². The van der Waals surface area contributed by atoms with Gasteiger partial charge >= 0.3 is 0 Å². The maximum absolute atomic E-state index is 13.8. The van der Waals surface area contributed by atoms with Gasteiger partial charge in [-0.15, -0.1) is 0 Å². The molecule has 1 fully saturated rings. The topological polar surface area (TPSA) is 61.8 Å². The van der Waals surface area contributed by atoms with Gasteiger partial charge in [-0.1, -0.05) is 12.1 Å². The van der Waals surface area contributed by atoms with Crippen molar-refractivity contribution in [2.75, 3.05) is 20.2 Å². The largest absolute Gasteiger partial charge is 0.508 e. The summed E-state index contributed by atoms with van der Waals surface area (Å²) >= 11 is 0. The monoisotopic (exact) mass is 372 g/mol. The number of carbonyl (C=O) groups is 1. The summed E-state index contributed by atoms with van der Waals surface area (Å²) in [7, 11) is 1.59. The molecule has 144 valence electrons. The third kappa shape index (κ3) is 4.39. The SMILES string of the molecule is COc1ccc(O)c([C@H](C)NC2CCN(C(=O)c3ccccc3F)CC2)c1. The second-order valence-corrected chi connectivity index (χ2v) is 6.86. The minimum absolute atomic E-state index is 0.0566. The number of phenols is 1. The molecule has 1 amide bonds. The number of amides is 1. The zero-order valence-corrected chi connectivity index (χ0v) is 15.6. The highest BCUT2D eigenvalue weighted by atomic mass is 19.1. The Kier molecular flexibility index (Phi) is 5.96. The van der Waals surface area contributed by atoms with Gasteiger partial charge in [-0.05, 0) is 50.1 Å². The van der Waals surface area contributed by atoms with Crippen LogP contribution in [-0.2, 0) is 0 Å². The van der Waals surface area contributed by atoms with Crippen LogP contribution in [0.1, 0.15) is 41.7 Å². The smallest absolute Gasteiger partial charge is 0.256 e. The lowest BCUT2D eigenvalue weighted by molar-refractivity contribution is 0.0697. The van der Waals surface area contributed by atoms with Gasteiger partial charge in [0.2, 0.25) is 0 Å². The van der Waals surface area contributed by atoms with Crippen LogP contribution < -0.4 is 10.1 Å². The van der Waals surface area contributed by atoms with Crippen molar-refractivity contribution >= 4 is 5.91 Å². The summed E-state index contributed by atoms with van der Waals surface area (Å²) in [6.07, 6.45) is 1.55. The summed E-state index contributed by atoms with van der Waals surface area (Å²) in [6.45, 7) is 3.13. The fourth-order valence-corrected chi connectivity index (χ4v) is 3.50. The van der Waals surface area contributed by atoms with Crippen molar-refractivity contribution in [1.82, 2.24) is 10.2 Å². The number of hydrogen-bond donors (Lipinski definition) is 2. The maximum atomic E-state index is 13.8. The minimum Gasteiger partial charge on any atom is -0.508 e. The Bertz CT molecular complexity index is 804. The van der Waals surface area contributed by atoms with Gasteiger partial charge in [-0.3, -0.25) is 4.79 Å². The number of piperidine rings is 1. The molecule has 3 rings (SSSR count). The molecule has 1 heterocycles. The summed E-state index contributed by atoms with van der Waals surface area (Å²) < 4.78 is 19.1. The first-order chi connectivity index (χ1) is 13.0. The highest BCUT2D eigenvalue weighted by Gasteiger charge is 2.26. The molecular formula is C21H25FN2O3. The Morgan fingerprint density at radius 2 is 1.96 bits per heavy atom. The highest BCUT2D eigenvalue weighted by Crippen LogP contribution is 2.29. The van der Waals surface area contributed by atoms with Crippen molar-refractivity contribution in [1.29, 1.82) is 0 Å². The minimum atomic E-state index is -0.482. The number of phenolic OH excluding ortho intramolecular Hbond substituents is 1. The van der Waals surface area contributed by atoms with Crippen molar-refractivity contribution in [3.05, 3.63) is 59.4 Å². The van der Waals surface area contributed by atoms with Crippen LogP contribution in [0.15, 0.2) is 42.5 Å². The molecule has 6 heteroatoms. The average Bonchev–Trinajstić information content (AvgIpc) is 2.68. The number of halogens is 1. The zero-order chi connectivity index (χ0) is 19.4. The quantitative estimate of drug-likeness (QED) is 0.843. The van der Waals surface area contributed by atoms with Crippen LogP contribution in [0.25, 0.3) is 0 Å². The van der Waals surface area contributed by atoms with Crippen molar-refractivity contribution in [2.45, 2.75) is 31.8 Å². The van der Waals surface area contributed by atoms with Crippen molar-refractivity contribution in [3.63, 3.8) is 0 Å². The number of aromatic hydroxyl groups is 1. The molecule has 0 radical (unpaired) electrons. The molecule has 1 aliphatic rings. The van der Waals surface area contributed by atoms with Crippen molar-refractivity contribution in [3.8, 4) is 11.5 Å². The summed E-state index contributed by atoms with van der Waals surface area (Å²) in [5, 5.41) is 13.6. The van der Waals surface area contributed by atoms with E-state index in [4.69, 9.17) is 4.74 Å². The molecule has 1 saturated heterocycles. The molecule has 0 aromatic heterocycles. The molecule has 0 bridgehead atoms. The molecule has 27 heavy (non-hydrogen) atoms. The molecule has 1 atom stereocenters. The van der Waals surface area contributed by atoms with Gasteiger partial charge in [0.1, 0.15) is 17.3 Å². The van der Waals surface area contributed by atoms with Crippen LogP contribution in [-0.4, -0.2) is 42.2 Å². The number of methoxy groups -OCH3 is 1. The Balaban J connectivity index is 1.58. The molecule has 0 unspecified atom stereocenters. The second kappa shape index (κ2) is 8.39. The van der Waals surface area contributed by atoms with E-state index in [2.05, 4.69) is 5.32 Å². The third-order valence-corrected chi connectivity index (χ3v) is 5.07. The van der Waals surface area contributed by atoms with E-state index in [0.29, 0.717) is 18.8 Å². The molecule has 2 aromatic rings. The first-order valence-corrected chi connectivity index (χ1v) is 9.16. The fourth-order valence-electron chi connectivity index (χ4n) is 3.50. The van der Waals surface area contributed by atoms with E-state index >= 15 is 0 Å². The van der Waals surface area contributed by atoms with E-state index in [1.165, 1.54) is 12.1 Å². The lowest BCUT2D eigenvalue weighted by Gasteiger charge is -2.34. The van der Waals surface area contributed by atoms with Gasteiger partial charge in [0, 0.05) is 30.7 Å². The molecule has 0 saturated carbocycles. The number of likely N-dealkylation sites (tertiary alicyclic amines) is 1. The molecule has 1 aliphatic heterocycles. The Morgan fingerprint density at radius 1 is 1.26 bits per heavy atom. The molecule has 5 nitrogen and oxygen atoms in total. The first-order valence-electron chi connectivity index (χ1n) is 9.16. The molecule has 0 aliphatic carbocycles. The standard InChI is InChI=1S/C21H25FN2O3/c1-14(18-13-16(27-2)7-8-20(18)25)23-15-9-11-24(12-10-15)21(26)17-5-3-4-6-19(17)22/h3-8,13-15,23,25H,9-12H2,1-2H3/t14-/m0/s1. The van der Waals surface area contributed by atoms with Crippen LogP contribution in [0, 0.1) is 5.82 Å². The lowest BCUT2D eigenvalue weighted by Crippen LogP contribution is -2.45. The number of hydrogen-bond acceptors (Lipinski definition) is 4. The lowest BCUT2D eigenvalue weighted by atomic mass is 10.00. The van der Waals surface area contributed by atoms with E-state index < -0.39 is 5.82 Å². The average molecular weight is 372 g/mol. The Labute approximate surface area is 158 Å². The second-order valence-electron chi connectivity index (χ2n) is 6.86. The van der Waals surface area contributed by atoms with Crippen molar-refractivity contribution in [2.24, 2.45) is 0 Å². The summed E-state index contributed by atoms with van der Waals surface area (Å²) in [5.41, 5.74) is 0.901. The molecular weight excluding hydrogens is 347 g/mol. The van der Waals surface area contributed by atoms with E-state index in [9.17, 15) is 14.3 Å². The normalized spacial score (nSPS) is 16.2. The van der Waals surface area contributed by atoms with Crippen LogP contribution in [0.5, 0.6) is 11.5 Å². The fraction of sp³-hybridized carbons (Fsp3) is 0.381. The van der Waals surface area contributed by atoms with Gasteiger partial charge in [-0.25, -0.2) is 4.39 Å². The predicted octanol–water partition coefficient (Wildman–Crippen LogP) is 3.50. The van der Waals surface area contributed by atoms with Crippen LogP contribution in [0.3, 0.4) is 0 Å². The Morgan fingerprint density at radius 3 is 2.63 bits per heavy atom. The van der Waals surface area contributed by atoms with Gasteiger partial charge in [-0.2, -0.15) is 0 Å². The van der Waals surface area contributed by atoms with E-state index in [0.717, 1.165) is 18.4 Å². The summed E-state index contributed by atoms with van der Waals surface area (Å²) in [5.74, 6) is 0.180.